The lowest BCUT2D eigenvalue weighted by molar-refractivity contribution is 0.254. The Morgan fingerprint density at radius 3 is 2.68 bits per heavy atom. The molecule has 0 unspecified atom stereocenters. The molecular formula is C15H26N4. The van der Waals surface area contributed by atoms with Crippen molar-refractivity contribution in [2.45, 2.75) is 25.8 Å². The molecule has 0 atom stereocenters. The van der Waals surface area contributed by atoms with Crippen LogP contribution in [0.3, 0.4) is 0 Å². The van der Waals surface area contributed by atoms with Crippen LogP contribution in [0, 0.1) is 0 Å². The highest BCUT2D eigenvalue weighted by Gasteiger charge is 2.07. The molecule has 2 heterocycles. The SMILES string of the molecule is c1ccc(CN2CCCCCNCCNCC2)nc1. The maximum Gasteiger partial charge on any atom is 0.0543 e. The fourth-order valence-electron chi connectivity index (χ4n) is 2.42. The Balaban J connectivity index is 1.81. The first-order chi connectivity index (χ1) is 9.45. The normalized spacial score (nSPS) is 20.4. The van der Waals surface area contributed by atoms with Crippen molar-refractivity contribution in [1.82, 2.24) is 20.5 Å². The number of rotatable bonds is 2. The van der Waals surface area contributed by atoms with E-state index in [1.807, 2.05) is 12.3 Å². The van der Waals surface area contributed by atoms with E-state index in [1.165, 1.54) is 31.5 Å². The highest BCUT2D eigenvalue weighted by atomic mass is 15.1. The summed E-state index contributed by atoms with van der Waals surface area (Å²) in [5, 5.41) is 6.96. The van der Waals surface area contributed by atoms with Crippen molar-refractivity contribution in [3.05, 3.63) is 30.1 Å². The van der Waals surface area contributed by atoms with E-state index in [0.717, 1.165) is 39.3 Å². The summed E-state index contributed by atoms with van der Waals surface area (Å²) in [5.74, 6) is 0. The Bertz CT molecular complexity index is 316. The standard InChI is InChI=1S/C15H26N4/c1-3-7-16-9-10-17-11-13-19(12-5-1)14-15-6-2-4-8-18-15/h2,4,6,8,16-17H,1,3,5,7,9-14H2. The van der Waals surface area contributed by atoms with Crippen LogP contribution in [-0.4, -0.2) is 49.2 Å². The fourth-order valence-corrected chi connectivity index (χ4v) is 2.42. The lowest BCUT2D eigenvalue weighted by Crippen LogP contribution is -2.36. The molecule has 2 rings (SSSR count). The number of hydrogen-bond acceptors (Lipinski definition) is 4. The largest absolute Gasteiger partial charge is 0.315 e. The van der Waals surface area contributed by atoms with E-state index < -0.39 is 0 Å². The zero-order valence-corrected chi connectivity index (χ0v) is 11.8. The Hall–Kier alpha value is -0.970. The third kappa shape index (κ3) is 6.14. The second-order valence-corrected chi connectivity index (χ2v) is 5.16. The molecule has 4 heteroatoms. The summed E-state index contributed by atoms with van der Waals surface area (Å²) in [6, 6.07) is 6.17. The molecule has 0 spiro atoms. The van der Waals surface area contributed by atoms with E-state index in [-0.39, 0.29) is 0 Å². The van der Waals surface area contributed by atoms with E-state index in [2.05, 4.69) is 32.7 Å². The van der Waals surface area contributed by atoms with Crippen LogP contribution in [-0.2, 0) is 6.54 Å². The molecule has 4 nitrogen and oxygen atoms in total. The third-order valence-electron chi connectivity index (χ3n) is 3.52. The molecule has 0 bridgehead atoms. The monoisotopic (exact) mass is 262 g/mol. The Morgan fingerprint density at radius 2 is 1.84 bits per heavy atom. The van der Waals surface area contributed by atoms with Crippen LogP contribution in [0.2, 0.25) is 0 Å². The first-order valence-corrected chi connectivity index (χ1v) is 7.49. The molecule has 19 heavy (non-hydrogen) atoms. The summed E-state index contributed by atoms with van der Waals surface area (Å²) in [5.41, 5.74) is 1.18. The number of nitrogens with zero attached hydrogens (tertiary/aromatic N) is 2. The summed E-state index contributed by atoms with van der Waals surface area (Å²) in [7, 11) is 0. The van der Waals surface area contributed by atoms with E-state index in [4.69, 9.17) is 0 Å². The number of nitrogens with one attached hydrogen (secondary N) is 2. The molecule has 0 aliphatic carbocycles. The van der Waals surface area contributed by atoms with Gasteiger partial charge in [0, 0.05) is 38.9 Å². The van der Waals surface area contributed by atoms with Gasteiger partial charge < -0.3 is 10.6 Å². The zero-order valence-electron chi connectivity index (χ0n) is 11.8. The molecule has 0 saturated carbocycles. The fraction of sp³-hybridized carbons (Fsp3) is 0.667. The van der Waals surface area contributed by atoms with Crippen molar-refractivity contribution in [2.24, 2.45) is 0 Å². The van der Waals surface area contributed by atoms with E-state index in [0.29, 0.717) is 0 Å². The van der Waals surface area contributed by atoms with Crippen molar-refractivity contribution in [1.29, 1.82) is 0 Å². The van der Waals surface area contributed by atoms with E-state index in [1.54, 1.807) is 0 Å². The second kappa shape index (κ2) is 9.02. The molecule has 1 aliphatic rings. The van der Waals surface area contributed by atoms with Gasteiger partial charge in [0.1, 0.15) is 0 Å². The molecule has 1 saturated heterocycles. The average Bonchev–Trinajstić information content (AvgIpc) is 2.43. The van der Waals surface area contributed by atoms with Crippen molar-refractivity contribution < 1.29 is 0 Å². The van der Waals surface area contributed by atoms with Gasteiger partial charge >= 0.3 is 0 Å². The van der Waals surface area contributed by atoms with Gasteiger partial charge in [-0.25, -0.2) is 0 Å². The van der Waals surface area contributed by atoms with E-state index in [9.17, 15) is 0 Å². The first-order valence-electron chi connectivity index (χ1n) is 7.49. The van der Waals surface area contributed by atoms with Gasteiger partial charge in [-0.3, -0.25) is 9.88 Å². The number of pyridine rings is 1. The lowest BCUT2D eigenvalue weighted by atomic mass is 10.2. The quantitative estimate of drug-likeness (QED) is 0.841. The van der Waals surface area contributed by atoms with Crippen LogP contribution in [0.4, 0.5) is 0 Å². The Kier molecular flexibility index (Phi) is 6.85. The predicted octanol–water partition coefficient (Wildman–Crippen LogP) is 1.25. The van der Waals surface area contributed by atoms with Crippen LogP contribution in [0.5, 0.6) is 0 Å². The Morgan fingerprint density at radius 1 is 0.947 bits per heavy atom. The van der Waals surface area contributed by atoms with Gasteiger partial charge in [0.25, 0.3) is 0 Å². The molecule has 1 aromatic rings. The van der Waals surface area contributed by atoms with Crippen molar-refractivity contribution in [3.63, 3.8) is 0 Å². The van der Waals surface area contributed by atoms with Crippen LogP contribution in [0.1, 0.15) is 25.0 Å². The van der Waals surface area contributed by atoms with Gasteiger partial charge in [-0.05, 0) is 38.1 Å². The van der Waals surface area contributed by atoms with Crippen molar-refractivity contribution in [2.75, 3.05) is 39.3 Å². The second-order valence-electron chi connectivity index (χ2n) is 5.16. The van der Waals surface area contributed by atoms with Gasteiger partial charge in [-0.1, -0.05) is 12.5 Å². The number of hydrogen-bond donors (Lipinski definition) is 2. The summed E-state index contributed by atoms with van der Waals surface area (Å²) in [4.78, 5) is 6.95. The third-order valence-corrected chi connectivity index (χ3v) is 3.52. The number of aromatic nitrogens is 1. The first kappa shape index (κ1) is 14.4. The van der Waals surface area contributed by atoms with Gasteiger partial charge in [-0.2, -0.15) is 0 Å². The maximum absolute atomic E-state index is 4.43. The highest BCUT2D eigenvalue weighted by molar-refractivity contribution is 5.03. The molecule has 0 aromatic carbocycles. The van der Waals surface area contributed by atoms with Gasteiger partial charge in [0.15, 0.2) is 0 Å². The zero-order chi connectivity index (χ0) is 13.2. The van der Waals surface area contributed by atoms with E-state index >= 15 is 0 Å². The molecular weight excluding hydrogens is 236 g/mol. The van der Waals surface area contributed by atoms with Gasteiger partial charge in [0.2, 0.25) is 0 Å². The molecule has 0 radical (unpaired) electrons. The molecule has 106 valence electrons. The molecule has 1 fully saturated rings. The lowest BCUT2D eigenvalue weighted by Gasteiger charge is -2.23. The Labute approximate surface area is 116 Å². The minimum Gasteiger partial charge on any atom is -0.315 e. The van der Waals surface area contributed by atoms with Crippen LogP contribution >= 0.6 is 0 Å². The van der Waals surface area contributed by atoms with Gasteiger partial charge in [0.05, 0.1) is 5.69 Å². The topological polar surface area (TPSA) is 40.2 Å². The van der Waals surface area contributed by atoms with Crippen molar-refractivity contribution in [3.8, 4) is 0 Å². The smallest absolute Gasteiger partial charge is 0.0543 e. The predicted molar refractivity (Wildman–Crippen MR) is 79.1 cm³/mol. The summed E-state index contributed by atoms with van der Waals surface area (Å²) in [6.45, 7) is 7.63. The molecule has 1 aliphatic heterocycles. The van der Waals surface area contributed by atoms with Crippen molar-refractivity contribution >= 4 is 0 Å². The molecule has 1 aromatic heterocycles. The molecule has 0 amide bonds. The van der Waals surface area contributed by atoms with Crippen LogP contribution < -0.4 is 10.6 Å². The van der Waals surface area contributed by atoms with Crippen LogP contribution in [0.25, 0.3) is 0 Å². The van der Waals surface area contributed by atoms with Gasteiger partial charge in [-0.15, -0.1) is 0 Å². The minimum atomic E-state index is 0.973. The summed E-state index contributed by atoms with van der Waals surface area (Å²) in [6.07, 6.45) is 5.78. The van der Waals surface area contributed by atoms with Crippen LogP contribution in [0.15, 0.2) is 24.4 Å². The summed E-state index contributed by atoms with van der Waals surface area (Å²) < 4.78 is 0. The highest BCUT2D eigenvalue weighted by Crippen LogP contribution is 2.04. The maximum atomic E-state index is 4.43. The molecule has 2 N–H and O–H groups in total. The minimum absolute atomic E-state index is 0.973. The average molecular weight is 262 g/mol. The summed E-state index contributed by atoms with van der Waals surface area (Å²) >= 11 is 0.